The minimum Gasteiger partial charge on any atom is -0.435 e. The molecule has 1 aliphatic heterocycles. The molecular weight excluding hydrogens is 397 g/mol. The molecule has 3 aromatic rings. The lowest BCUT2D eigenvalue weighted by Gasteiger charge is -2.37. The Bertz CT molecular complexity index is 1030. The first-order chi connectivity index (χ1) is 14.3. The van der Waals surface area contributed by atoms with Crippen LogP contribution < -0.4 is 0 Å². The Balaban J connectivity index is 1.85. The maximum absolute atomic E-state index is 13.5. The molecular formula is C22H17F3N2O3. The van der Waals surface area contributed by atoms with Crippen LogP contribution in [-0.2, 0) is 15.2 Å². The van der Waals surface area contributed by atoms with Crippen molar-refractivity contribution in [2.75, 3.05) is 7.05 Å². The number of amides is 1. The molecule has 1 aromatic heterocycles. The molecule has 0 saturated carbocycles. The second-order valence-corrected chi connectivity index (χ2v) is 6.80. The highest BCUT2D eigenvalue weighted by atomic mass is 19.4. The molecule has 0 radical (unpaired) electrons. The molecule has 0 bridgehead atoms. The van der Waals surface area contributed by atoms with Crippen molar-refractivity contribution < 1.29 is 27.4 Å². The number of benzene rings is 2. The largest absolute Gasteiger partial charge is 0.525 e. The van der Waals surface area contributed by atoms with Crippen molar-refractivity contribution in [3.05, 3.63) is 90.3 Å². The highest BCUT2D eigenvalue weighted by molar-refractivity contribution is 5.72. The summed E-state index contributed by atoms with van der Waals surface area (Å²) in [5, 5.41) is 0. The molecule has 5 nitrogen and oxygen atoms in total. The Morgan fingerprint density at radius 2 is 1.67 bits per heavy atom. The van der Waals surface area contributed by atoms with E-state index in [1.807, 2.05) is 30.3 Å². The molecule has 154 valence electrons. The summed E-state index contributed by atoms with van der Waals surface area (Å²) in [4.78, 5) is 17.1. The average molecular weight is 414 g/mol. The molecule has 30 heavy (non-hydrogen) atoms. The van der Waals surface area contributed by atoms with Crippen LogP contribution >= 0.6 is 0 Å². The van der Waals surface area contributed by atoms with E-state index >= 15 is 0 Å². The van der Waals surface area contributed by atoms with Crippen LogP contribution in [0, 0.1) is 0 Å². The zero-order valence-electron chi connectivity index (χ0n) is 15.8. The fraction of sp³-hybridized carbons (Fsp3) is 0.182. The Labute approximate surface area is 170 Å². The number of pyridine rings is 1. The highest BCUT2D eigenvalue weighted by Crippen LogP contribution is 2.51. The average Bonchev–Trinajstić information content (AvgIpc) is 3.00. The summed E-state index contributed by atoms with van der Waals surface area (Å²) in [6.07, 6.45) is -4.50. The Morgan fingerprint density at radius 3 is 2.27 bits per heavy atom. The number of hydrogen-bond acceptors (Lipinski definition) is 4. The summed E-state index contributed by atoms with van der Waals surface area (Å²) >= 11 is 0. The Kier molecular flexibility index (Phi) is 4.95. The van der Waals surface area contributed by atoms with Crippen LogP contribution in [0.5, 0.6) is 0 Å². The van der Waals surface area contributed by atoms with Crippen molar-refractivity contribution in [1.82, 2.24) is 9.88 Å². The van der Waals surface area contributed by atoms with E-state index in [1.54, 1.807) is 18.2 Å². The number of ether oxygens (including phenoxy) is 2. The second kappa shape index (κ2) is 7.46. The predicted octanol–water partition coefficient (Wildman–Crippen LogP) is 5.26. The molecule has 2 heterocycles. The number of carbonyl (C=O) groups excluding carboxylic acids is 1. The lowest BCUT2D eigenvalue weighted by atomic mass is 9.90. The molecule has 1 saturated heterocycles. The molecule has 1 amide bonds. The van der Waals surface area contributed by atoms with Crippen molar-refractivity contribution in [1.29, 1.82) is 0 Å². The maximum Gasteiger partial charge on any atom is 0.525 e. The number of likely N-dealkylation sites (N-methyl/N-ethyl adjacent to an activating group) is 1. The van der Waals surface area contributed by atoms with Crippen LogP contribution in [0.15, 0.2) is 79.1 Å². The molecule has 0 spiro atoms. The SMILES string of the molecule is CN1C(=O)OC(c2cccnc2)C1(OC(F)(F)F)c1ccc(-c2ccccc2)cc1. The van der Waals surface area contributed by atoms with Gasteiger partial charge < -0.3 is 4.74 Å². The third kappa shape index (κ3) is 3.50. The number of aromatic nitrogens is 1. The number of nitrogens with zero attached hydrogens (tertiary/aromatic N) is 2. The van der Waals surface area contributed by atoms with E-state index in [0.29, 0.717) is 0 Å². The number of cyclic esters (lactones) is 1. The molecule has 0 aliphatic carbocycles. The first-order valence-electron chi connectivity index (χ1n) is 9.08. The number of rotatable bonds is 4. The van der Waals surface area contributed by atoms with Crippen LogP contribution in [0.3, 0.4) is 0 Å². The van der Waals surface area contributed by atoms with E-state index in [-0.39, 0.29) is 11.1 Å². The van der Waals surface area contributed by atoms with Crippen molar-refractivity contribution >= 4 is 6.09 Å². The van der Waals surface area contributed by atoms with Crippen LogP contribution in [0.4, 0.5) is 18.0 Å². The smallest absolute Gasteiger partial charge is 0.435 e. The van der Waals surface area contributed by atoms with Gasteiger partial charge in [-0.05, 0) is 17.2 Å². The first kappa shape index (κ1) is 19.9. The van der Waals surface area contributed by atoms with Gasteiger partial charge in [-0.15, -0.1) is 13.2 Å². The predicted molar refractivity (Wildman–Crippen MR) is 102 cm³/mol. The van der Waals surface area contributed by atoms with Crippen LogP contribution in [0.25, 0.3) is 11.1 Å². The lowest BCUT2D eigenvalue weighted by molar-refractivity contribution is -0.395. The summed E-state index contributed by atoms with van der Waals surface area (Å²) in [5.41, 5.74) is -0.112. The monoisotopic (exact) mass is 414 g/mol. The Hall–Kier alpha value is -3.39. The number of carbonyl (C=O) groups is 1. The lowest BCUT2D eigenvalue weighted by Crippen LogP contribution is -2.49. The molecule has 4 rings (SSSR count). The summed E-state index contributed by atoms with van der Waals surface area (Å²) in [6, 6.07) is 18.9. The van der Waals surface area contributed by atoms with Gasteiger partial charge in [-0.25, -0.2) is 4.79 Å². The highest BCUT2D eigenvalue weighted by Gasteiger charge is 2.61. The zero-order chi connectivity index (χ0) is 21.4. The van der Waals surface area contributed by atoms with Crippen molar-refractivity contribution in [3.8, 4) is 11.1 Å². The first-order valence-corrected chi connectivity index (χ1v) is 9.08. The standard InChI is InChI=1S/C22H17F3N2O3/c1-27-20(28)29-19(17-8-5-13-26-14-17)21(27,30-22(23,24)25)18-11-9-16(10-12-18)15-6-3-2-4-7-15/h2-14,19H,1H3. The van der Waals surface area contributed by atoms with Crippen LogP contribution in [0.1, 0.15) is 17.2 Å². The normalized spacial score (nSPS) is 21.5. The van der Waals surface area contributed by atoms with Crippen molar-refractivity contribution in [2.45, 2.75) is 18.2 Å². The Morgan fingerprint density at radius 1 is 1.00 bits per heavy atom. The molecule has 1 fully saturated rings. The summed E-state index contributed by atoms with van der Waals surface area (Å²) in [5.74, 6) is 0. The molecule has 2 aromatic carbocycles. The van der Waals surface area contributed by atoms with E-state index in [1.165, 1.54) is 37.6 Å². The van der Waals surface area contributed by atoms with Gasteiger partial charge in [0.15, 0.2) is 6.10 Å². The van der Waals surface area contributed by atoms with Gasteiger partial charge in [-0.2, -0.15) is 0 Å². The fourth-order valence-electron chi connectivity index (χ4n) is 3.63. The van der Waals surface area contributed by atoms with Crippen LogP contribution in [0.2, 0.25) is 0 Å². The summed E-state index contributed by atoms with van der Waals surface area (Å²) in [6.45, 7) is 0. The summed E-state index contributed by atoms with van der Waals surface area (Å²) in [7, 11) is 1.22. The van der Waals surface area contributed by atoms with Gasteiger partial charge in [-0.3, -0.25) is 14.6 Å². The van der Waals surface area contributed by atoms with Gasteiger partial charge in [0, 0.05) is 30.6 Å². The van der Waals surface area contributed by atoms with Crippen molar-refractivity contribution in [3.63, 3.8) is 0 Å². The van der Waals surface area contributed by atoms with E-state index in [9.17, 15) is 18.0 Å². The van der Waals surface area contributed by atoms with Crippen molar-refractivity contribution in [2.24, 2.45) is 0 Å². The third-order valence-electron chi connectivity index (χ3n) is 5.01. The fourth-order valence-corrected chi connectivity index (χ4v) is 3.63. The third-order valence-corrected chi connectivity index (χ3v) is 5.01. The van der Waals surface area contributed by atoms with Crippen LogP contribution in [-0.4, -0.2) is 29.4 Å². The maximum atomic E-state index is 13.5. The zero-order valence-corrected chi connectivity index (χ0v) is 15.8. The number of hydrogen-bond donors (Lipinski definition) is 0. The van der Waals surface area contributed by atoms with Gasteiger partial charge in [0.25, 0.3) is 0 Å². The number of halogens is 3. The topological polar surface area (TPSA) is 51.7 Å². The van der Waals surface area contributed by atoms with E-state index < -0.39 is 24.3 Å². The van der Waals surface area contributed by atoms with Gasteiger partial charge in [0.05, 0.1) is 0 Å². The van der Waals surface area contributed by atoms with E-state index in [0.717, 1.165) is 16.0 Å². The molecule has 8 heteroatoms. The van der Waals surface area contributed by atoms with E-state index in [2.05, 4.69) is 9.72 Å². The molecule has 1 aliphatic rings. The minimum atomic E-state index is -5.03. The quantitative estimate of drug-likeness (QED) is 0.584. The molecule has 2 unspecified atom stereocenters. The molecule has 2 atom stereocenters. The van der Waals surface area contributed by atoms with Gasteiger partial charge in [-0.1, -0.05) is 60.7 Å². The molecule has 0 N–H and O–H groups in total. The summed E-state index contributed by atoms with van der Waals surface area (Å²) < 4.78 is 50.6. The second-order valence-electron chi connectivity index (χ2n) is 6.80. The minimum absolute atomic E-state index is 0.127. The van der Waals surface area contributed by atoms with E-state index in [4.69, 9.17) is 4.74 Å². The van der Waals surface area contributed by atoms with Gasteiger partial charge in [0.1, 0.15) is 0 Å². The van der Waals surface area contributed by atoms with Gasteiger partial charge in [0.2, 0.25) is 5.72 Å². The number of alkyl halides is 3. The van der Waals surface area contributed by atoms with Gasteiger partial charge >= 0.3 is 12.5 Å².